The van der Waals surface area contributed by atoms with Crippen LogP contribution >= 0.6 is 0 Å². The third kappa shape index (κ3) is 5.75. The maximum Gasteiger partial charge on any atom is 0.0900 e. The number of benzene rings is 1. The number of hydrogen-bond donors (Lipinski definition) is 1. The van der Waals surface area contributed by atoms with Gasteiger partial charge in [-0.1, -0.05) is 29.8 Å². The number of hydrogen-bond acceptors (Lipinski definition) is 4. The Bertz CT molecular complexity index is 411. The molecule has 1 N–H and O–H groups in total. The van der Waals surface area contributed by atoms with Gasteiger partial charge in [0.05, 0.1) is 31.5 Å². The van der Waals surface area contributed by atoms with Crippen molar-refractivity contribution in [1.29, 1.82) is 0 Å². The predicted molar refractivity (Wildman–Crippen MR) is 83.3 cm³/mol. The smallest absolute Gasteiger partial charge is 0.0900 e. The highest BCUT2D eigenvalue weighted by atomic mass is 16.5. The molecule has 0 amide bonds. The number of aliphatic hydroxyl groups is 1. The maximum absolute atomic E-state index is 10.1. The van der Waals surface area contributed by atoms with Crippen molar-refractivity contribution >= 4 is 0 Å². The summed E-state index contributed by atoms with van der Waals surface area (Å²) < 4.78 is 11.3. The summed E-state index contributed by atoms with van der Waals surface area (Å²) in [6.07, 6.45) is 0.0109. The molecule has 0 spiro atoms. The van der Waals surface area contributed by atoms with E-state index in [4.69, 9.17) is 9.47 Å². The van der Waals surface area contributed by atoms with Crippen LogP contribution in [0, 0.1) is 6.92 Å². The lowest BCUT2D eigenvalue weighted by Crippen LogP contribution is -2.48. The first-order valence-corrected chi connectivity index (χ1v) is 7.72. The number of β-amino-alcohol motifs (C(OH)–C–C–N with tert-alkyl or cyclic N) is 1. The Kier molecular flexibility index (Phi) is 6.18. The number of ether oxygens (including phenoxy) is 2. The highest BCUT2D eigenvalue weighted by Crippen LogP contribution is 2.11. The van der Waals surface area contributed by atoms with Gasteiger partial charge in [0.1, 0.15) is 0 Å². The van der Waals surface area contributed by atoms with Gasteiger partial charge in [-0.05, 0) is 26.3 Å². The summed E-state index contributed by atoms with van der Waals surface area (Å²) in [5.41, 5.74) is 2.38. The molecule has 0 unspecified atom stereocenters. The molecule has 118 valence electrons. The summed E-state index contributed by atoms with van der Waals surface area (Å²) in [6.45, 7) is 9.52. The highest BCUT2D eigenvalue weighted by Gasteiger charge is 2.23. The second kappa shape index (κ2) is 7.90. The molecule has 1 saturated heterocycles. The summed E-state index contributed by atoms with van der Waals surface area (Å²) >= 11 is 0. The van der Waals surface area contributed by atoms with Crippen LogP contribution in [-0.4, -0.2) is 54.6 Å². The standard InChI is InChI=1S/C17H27NO3/c1-13-4-6-16(7-5-13)11-20-12-17(19)10-18-8-14(2)21-15(3)9-18/h4-7,14-15,17,19H,8-12H2,1-3H3/t14-,15-,17-/m1/s1. The van der Waals surface area contributed by atoms with E-state index >= 15 is 0 Å². The molecule has 0 saturated carbocycles. The van der Waals surface area contributed by atoms with Gasteiger partial charge < -0.3 is 14.6 Å². The number of aliphatic hydroxyl groups excluding tert-OH is 1. The van der Waals surface area contributed by atoms with Gasteiger partial charge in [-0.25, -0.2) is 0 Å². The van der Waals surface area contributed by atoms with E-state index in [1.165, 1.54) is 5.56 Å². The van der Waals surface area contributed by atoms with Crippen LogP contribution in [0.5, 0.6) is 0 Å². The number of morpholine rings is 1. The molecule has 4 heteroatoms. The normalized spacial score (nSPS) is 25.0. The fourth-order valence-corrected chi connectivity index (χ4v) is 2.78. The minimum absolute atomic E-state index is 0.231. The van der Waals surface area contributed by atoms with E-state index in [9.17, 15) is 5.11 Å². The first-order valence-electron chi connectivity index (χ1n) is 7.72. The van der Waals surface area contributed by atoms with Crippen molar-refractivity contribution < 1.29 is 14.6 Å². The zero-order valence-corrected chi connectivity index (χ0v) is 13.3. The second-order valence-electron chi connectivity index (χ2n) is 6.13. The molecule has 4 nitrogen and oxygen atoms in total. The van der Waals surface area contributed by atoms with E-state index in [-0.39, 0.29) is 12.2 Å². The molecule has 0 aliphatic carbocycles. The molecule has 1 fully saturated rings. The largest absolute Gasteiger partial charge is 0.389 e. The zero-order valence-electron chi connectivity index (χ0n) is 13.3. The molecule has 1 aliphatic heterocycles. The van der Waals surface area contributed by atoms with Crippen LogP contribution in [0.15, 0.2) is 24.3 Å². The highest BCUT2D eigenvalue weighted by molar-refractivity contribution is 5.20. The van der Waals surface area contributed by atoms with Gasteiger partial charge in [-0.15, -0.1) is 0 Å². The lowest BCUT2D eigenvalue weighted by atomic mass is 10.2. The van der Waals surface area contributed by atoms with Crippen molar-refractivity contribution in [2.45, 2.75) is 45.7 Å². The SMILES string of the molecule is Cc1ccc(COC[C@H](O)CN2C[C@@H](C)O[C@H](C)C2)cc1. The molecule has 2 rings (SSSR count). The summed E-state index contributed by atoms with van der Waals surface area (Å²) in [5, 5.41) is 10.1. The molecular formula is C17H27NO3. The Morgan fingerprint density at radius 3 is 2.48 bits per heavy atom. The Hall–Kier alpha value is -0.940. The zero-order chi connectivity index (χ0) is 15.2. The third-order valence-corrected chi connectivity index (χ3v) is 3.66. The van der Waals surface area contributed by atoms with Crippen molar-refractivity contribution in [1.82, 2.24) is 4.90 Å². The molecule has 0 radical (unpaired) electrons. The van der Waals surface area contributed by atoms with Gasteiger partial charge in [-0.2, -0.15) is 0 Å². The van der Waals surface area contributed by atoms with E-state index in [1.807, 2.05) is 0 Å². The predicted octanol–water partition coefficient (Wildman–Crippen LogP) is 1.98. The summed E-state index contributed by atoms with van der Waals surface area (Å²) in [7, 11) is 0. The van der Waals surface area contributed by atoms with Crippen LogP contribution < -0.4 is 0 Å². The maximum atomic E-state index is 10.1. The van der Waals surface area contributed by atoms with Crippen LogP contribution in [0.4, 0.5) is 0 Å². The van der Waals surface area contributed by atoms with Gasteiger partial charge in [0.15, 0.2) is 0 Å². The van der Waals surface area contributed by atoms with Crippen LogP contribution in [0.2, 0.25) is 0 Å². The Morgan fingerprint density at radius 2 is 1.86 bits per heavy atom. The van der Waals surface area contributed by atoms with Gasteiger partial charge in [0.25, 0.3) is 0 Å². The lowest BCUT2D eigenvalue weighted by molar-refractivity contribution is -0.0826. The van der Waals surface area contributed by atoms with E-state index in [0.717, 1.165) is 18.7 Å². The minimum Gasteiger partial charge on any atom is -0.389 e. The van der Waals surface area contributed by atoms with Crippen LogP contribution in [0.3, 0.4) is 0 Å². The quantitative estimate of drug-likeness (QED) is 0.871. The second-order valence-corrected chi connectivity index (χ2v) is 6.13. The summed E-state index contributed by atoms with van der Waals surface area (Å²) in [4.78, 5) is 2.25. The molecular weight excluding hydrogens is 266 g/mol. The number of nitrogens with zero attached hydrogens (tertiary/aromatic N) is 1. The fourth-order valence-electron chi connectivity index (χ4n) is 2.78. The Balaban J connectivity index is 1.67. The van der Waals surface area contributed by atoms with E-state index < -0.39 is 6.10 Å². The molecule has 0 aromatic heterocycles. The van der Waals surface area contributed by atoms with Crippen LogP contribution in [0.1, 0.15) is 25.0 Å². The monoisotopic (exact) mass is 293 g/mol. The first kappa shape index (κ1) is 16.4. The molecule has 0 bridgehead atoms. The third-order valence-electron chi connectivity index (χ3n) is 3.66. The van der Waals surface area contributed by atoms with Crippen molar-refractivity contribution in [3.05, 3.63) is 35.4 Å². The molecule has 1 aromatic rings. The molecule has 1 aromatic carbocycles. The summed E-state index contributed by atoms with van der Waals surface area (Å²) in [6, 6.07) is 8.28. The van der Waals surface area contributed by atoms with E-state index in [0.29, 0.717) is 19.8 Å². The van der Waals surface area contributed by atoms with Crippen molar-refractivity contribution in [2.75, 3.05) is 26.2 Å². The van der Waals surface area contributed by atoms with Crippen molar-refractivity contribution in [3.8, 4) is 0 Å². The first-order chi connectivity index (χ1) is 10.0. The Morgan fingerprint density at radius 1 is 1.24 bits per heavy atom. The fraction of sp³-hybridized carbons (Fsp3) is 0.647. The van der Waals surface area contributed by atoms with Crippen molar-refractivity contribution in [2.24, 2.45) is 0 Å². The summed E-state index contributed by atoms with van der Waals surface area (Å²) in [5.74, 6) is 0. The Labute approximate surface area is 127 Å². The molecule has 3 atom stereocenters. The van der Waals surface area contributed by atoms with Crippen LogP contribution in [0.25, 0.3) is 0 Å². The lowest BCUT2D eigenvalue weighted by Gasteiger charge is -2.36. The molecule has 1 aliphatic rings. The topological polar surface area (TPSA) is 41.9 Å². The average Bonchev–Trinajstić information content (AvgIpc) is 2.39. The average molecular weight is 293 g/mol. The van der Waals surface area contributed by atoms with E-state index in [2.05, 4.69) is 49.9 Å². The van der Waals surface area contributed by atoms with Gasteiger partial charge in [-0.3, -0.25) is 4.90 Å². The number of rotatable bonds is 6. The van der Waals surface area contributed by atoms with E-state index in [1.54, 1.807) is 0 Å². The minimum atomic E-state index is -0.451. The number of aryl methyl sites for hydroxylation is 1. The molecule has 1 heterocycles. The van der Waals surface area contributed by atoms with Gasteiger partial charge >= 0.3 is 0 Å². The molecule has 21 heavy (non-hydrogen) atoms. The van der Waals surface area contributed by atoms with Gasteiger partial charge in [0.2, 0.25) is 0 Å². The van der Waals surface area contributed by atoms with Gasteiger partial charge in [0, 0.05) is 19.6 Å². The van der Waals surface area contributed by atoms with Crippen molar-refractivity contribution in [3.63, 3.8) is 0 Å². The van der Waals surface area contributed by atoms with Crippen LogP contribution in [-0.2, 0) is 16.1 Å².